The summed E-state index contributed by atoms with van der Waals surface area (Å²) in [5.41, 5.74) is 2.08. The topological polar surface area (TPSA) is 71.3 Å². The van der Waals surface area contributed by atoms with E-state index in [1.807, 2.05) is 24.3 Å². The van der Waals surface area contributed by atoms with Gasteiger partial charge < -0.3 is 14.8 Å². The summed E-state index contributed by atoms with van der Waals surface area (Å²) in [5.74, 6) is 0.545. The number of nitrogens with one attached hydrogen (secondary N) is 1. The summed E-state index contributed by atoms with van der Waals surface area (Å²) in [5, 5.41) is 13.4. The summed E-state index contributed by atoms with van der Waals surface area (Å²) in [7, 11) is 1.53. The van der Waals surface area contributed by atoms with Crippen molar-refractivity contribution in [1.29, 1.82) is 5.26 Å². The molecule has 0 aromatic heterocycles. The SMILES string of the molecule is COc1cc(/C=C(/C#N)C(=O)Nc2ccc(Cl)cc2)cc(I)c1OCc1ccc(Cl)cc1. The molecule has 1 N–H and O–H groups in total. The second-order valence-electron chi connectivity index (χ2n) is 6.58. The third-order valence-electron chi connectivity index (χ3n) is 4.33. The summed E-state index contributed by atoms with van der Waals surface area (Å²) in [6.45, 7) is 0.339. The van der Waals surface area contributed by atoms with E-state index < -0.39 is 5.91 Å². The molecule has 1 amide bonds. The molecule has 3 aromatic carbocycles. The van der Waals surface area contributed by atoms with Crippen molar-refractivity contribution in [3.05, 3.63) is 91.0 Å². The van der Waals surface area contributed by atoms with Crippen LogP contribution in [0.5, 0.6) is 11.5 Å². The fourth-order valence-electron chi connectivity index (χ4n) is 2.75. The van der Waals surface area contributed by atoms with Crippen LogP contribution >= 0.6 is 45.8 Å². The molecule has 0 aliphatic carbocycles. The number of benzene rings is 3. The molecule has 8 heteroatoms. The van der Waals surface area contributed by atoms with Crippen LogP contribution in [0.3, 0.4) is 0 Å². The van der Waals surface area contributed by atoms with Gasteiger partial charge in [0, 0.05) is 15.7 Å². The zero-order chi connectivity index (χ0) is 23.1. The Morgan fingerprint density at radius 1 is 1.09 bits per heavy atom. The minimum Gasteiger partial charge on any atom is -0.493 e. The normalized spacial score (nSPS) is 10.9. The predicted molar refractivity (Wildman–Crippen MR) is 135 cm³/mol. The van der Waals surface area contributed by atoms with E-state index in [4.69, 9.17) is 32.7 Å². The number of nitriles is 1. The highest BCUT2D eigenvalue weighted by atomic mass is 127. The van der Waals surface area contributed by atoms with Gasteiger partial charge in [-0.2, -0.15) is 5.26 Å². The highest BCUT2D eigenvalue weighted by Gasteiger charge is 2.14. The van der Waals surface area contributed by atoms with Crippen LogP contribution in [-0.2, 0) is 11.4 Å². The Balaban J connectivity index is 1.80. The van der Waals surface area contributed by atoms with E-state index in [1.54, 1.807) is 42.5 Å². The number of halogens is 3. The lowest BCUT2D eigenvalue weighted by molar-refractivity contribution is -0.112. The molecule has 0 aliphatic heterocycles. The average Bonchev–Trinajstić information content (AvgIpc) is 2.79. The Morgan fingerprint density at radius 3 is 2.31 bits per heavy atom. The molecule has 162 valence electrons. The molecule has 5 nitrogen and oxygen atoms in total. The third-order valence-corrected chi connectivity index (χ3v) is 5.63. The monoisotopic (exact) mass is 578 g/mol. The van der Waals surface area contributed by atoms with Gasteiger partial charge >= 0.3 is 0 Å². The maximum Gasteiger partial charge on any atom is 0.266 e. The Labute approximate surface area is 209 Å². The zero-order valence-corrected chi connectivity index (χ0v) is 20.5. The van der Waals surface area contributed by atoms with E-state index in [-0.39, 0.29) is 5.57 Å². The highest BCUT2D eigenvalue weighted by molar-refractivity contribution is 14.1. The quantitative estimate of drug-likeness (QED) is 0.192. The smallest absolute Gasteiger partial charge is 0.266 e. The molecule has 0 fully saturated rings. The van der Waals surface area contributed by atoms with Crippen LogP contribution < -0.4 is 14.8 Å². The second kappa shape index (κ2) is 11.2. The lowest BCUT2D eigenvalue weighted by Gasteiger charge is -2.14. The number of ether oxygens (including phenoxy) is 2. The van der Waals surface area contributed by atoms with Crippen LogP contribution in [0.4, 0.5) is 5.69 Å². The second-order valence-corrected chi connectivity index (χ2v) is 8.62. The molecular formula is C24H17Cl2IN2O3. The van der Waals surface area contributed by atoms with Crippen LogP contribution in [-0.4, -0.2) is 13.0 Å². The van der Waals surface area contributed by atoms with Crippen LogP contribution in [0.2, 0.25) is 10.0 Å². The van der Waals surface area contributed by atoms with Gasteiger partial charge in [0.25, 0.3) is 5.91 Å². The third kappa shape index (κ3) is 6.39. The first-order valence-corrected chi connectivity index (χ1v) is 11.2. The van der Waals surface area contributed by atoms with Gasteiger partial charge in [-0.1, -0.05) is 35.3 Å². The summed E-state index contributed by atoms with van der Waals surface area (Å²) in [4.78, 5) is 12.5. The van der Waals surface area contributed by atoms with Crippen molar-refractivity contribution < 1.29 is 14.3 Å². The molecule has 0 heterocycles. The number of amides is 1. The maximum atomic E-state index is 12.5. The van der Waals surface area contributed by atoms with Crippen LogP contribution in [0.1, 0.15) is 11.1 Å². The van der Waals surface area contributed by atoms with Gasteiger partial charge in [0.05, 0.1) is 10.7 Å². The number of hydrogen-bond acceptors (Lipinski definition) is 4. The van der Waals surface area contributed by atoms with Crippen LogP contribution in [0.15, 0.2) is 66.2 Å². The first-order valence-electron chi connectivity index (χ1n) is 9.33. The summed E-state index contributed by atoms with van der Waals surface area (Å²) in [6.07, 6.45) is 1.50. The lowest BCUT2D eigenvalue weighted by Crippen LogP contribution is -2.13. The molecule has 3 aromatic rings. The largest absolute Gasteiger partial charge is 0.493 e. The molecule has 0 unspecified atom stereocenters. The van der Waals surface area contributed by atoms with E-state index in [0.29, 0.717) is 39.4 Å². The molecule has 0 aliphatic rings. The van der Waals surface area contributed by atoms with E-state index in [0.717, 1.165) is 9.13 Å². The van der Waals surface area contributed by atoms with Gasteiger partial charge in [-0.05, 0) is 88.3 Å². The maximum absolute atomic E-state index is 12.5. The molecule has 0 saturated heterocycles. The van der Waals surface area contributed by atoms with E-state index >= 15 is 0 Å². The standard InChI is InChI=1S/C24H17Cl2IN2O3/c1-31-22-12-16(10-17(13-28)24(30)29-20-8-6-19(26)7-9-20)11-21(27)23(22)32-14-15-2-4-18(25)5-3-15/h2-12H,14H2,1H3,(H,29,30)/b17-10-. The Morgan fingerprint density at radius 2 is 1.72 bits per heavy atom. The van der Waals surface area contributed by atoms with Gasteiger partial charge in [-0.25, -0.2) is 0 Å². The highest BCUT2D eigenvalue weighted by Crippen LogP contribution is 2.35. The molecule has 32 heavy (non-hydrogen) atoms. The Hall–Kier alpha value is -2.73. The molecule has 0 saturated carbocycles. The van der Waals surface area contributed by atoms with E-state index in [2.05, 4.69) is 27.9 Å². The number of nitrogens with zero attached hydrogens (tertiary/aromatic N) is 1. The molecule has 0 bridgehead atoms. The fourth-order valence-corrected chi connectivity index (χ4v) is 3.78. The number of carbonyl (C=O) groups is 1. The number of methoxy groups -OCH3 is 1. The molecule has 0 atom stereocenters. The van der Waals surface area contributed by atoms with Crippen molar-refractivity contribution in [1.82, 2.24) is 0 Å². The molecule has 0 radical (unpaired) electrons. The number of hydrogen-bond donors (Lipinski definition) is 1. The number of rotatable bonds is 7. The van der Waals surface area contributed by atoms with Crippen molar-refractivity contribution in [3.8, 4) is 17.6 Å². The minimum absolute atomic E-state index is 0.0485. The summed E-state index contributed by atoms with van der Waals surface area (Å²) >= 11 is 13.9. The van der Waals surface area contributed by atoms with Gasteiger partial charge in [-0.3, -0.25) is 4.79 Å². The fraction of sp³-hybridized carbons (Fsp3) is 0.0833. The van der Waals surface area contributed by atoms with Crippen molar-refractivity contribution in [3.63, 3.8) is 0 Å². The van der Waals surface area contributed by atoms with Gasteiger partial charge in [0.1, 0.15) is 18.2 Å². The predicted octanol–water partition coefficient (Wildman–Crippen LogP) is 6.73. The van der Waals surface area contributed by atoms with Crippen LogP contribution in [0.25, 0.3) is 6.08 Å². The average molecular weight is 579 g/mol. The first kappa shape index (κ1) is 23.9. The number of anilines is 1. The van der Waals surface area contributed by atoms with Crippen molar-refractivity contribution in [2.75, 3.05) is 12.4 Å². The molecule has 3 rings (SSSR count). The van der Waals surface area contributed by atoms with Crippen molar-refractivity contribution >= 4 is 63.5 Å². The number of carbonyl (C=O) groups excluding carboxylic acids is 1. The Kier molecular flexibility index (Phi) is 8.39. The zero-order valence-electron chi connectivity index (χ0n) is 16.9. The minimum atomic E-state index is -0.521. The molecule has 0 spiro atoms. The first-order chi connectivity index (χ1) is 15.4. The molecular weight excluding hydrogens is 562 g/mol. The summed E-state index contributed by atoms with van der Waals surface area (Å²) < 4.78 is 12.2. The van der Waals surface area contributed by atoms with Gasteiger partial charge in [0.2, 0.25) is 0 Å². The van der Waals surface area contributed by atoms with Crippen molar-refractivity contribution in [2.45, 2.75) is 6.61 Å². The van der Waals surface area contributed by atoms with Gasteiger partial charge in [-0.15, -0.1) is 0 Å². The van der Waals surface area contributed by atoms with Crippen molar-refractivity contribution in [2.24, 2.45) is 0 Å². The van der Waals surface area contributed by atoms with Crippen LogP contribution in [0, 0.1) is 14.9 Å². The summed E-state index contributed by atoms with van der Waals surface area (Å²) in [6, 6.07) is 19.5. The lowest BCUT2D eigenvalue weighted by atomic mass is 10.1. The van der Waals surface area contributed by atoms with E-state index in [1.165, 1.54) is 13.2 Å². The van der Waals surface area contributed by atoms with E-state index in [9.17, 15) is 10.1 Å². The van der Waals surface area contributed by atoms with Gasteiger partial charge in [0.15, 0.2) is 11.5 Å². The Bertz CT molecular complexity index is 1190.